The number of carbonyl (C=O) groups is 1. The zero-order chi connectivity index (χ0) is 18.4. The van der Waals surface area contributed by atoms with Gasteiger partial charge < -0.3 is 9.47 Å². The predicted molar refractivity (Wildman–Crippen MR) is 98.7 cm³/mol. The number of nitrogens with one attached hydrogen (secondary N) is 1. The van der Waals surface area contributed by atoms with Crippen molar-refractivity contribution in [3.8, 4) is 5.75 Å². The Morgan fingerprint density at radius 1 is 1.52 bits per heavy atom. The zero-order valence-corrected chi connectivity index (χ0v) is 16.3. The second kappa shape index (κ2) is 8.95. The summed E-state index contributed by atoms with van der Waals surface area (Å²) in [5.41, 5.74) is 0.249. The third-order valence-corrected chi connectivity index (χ3v) is 5.96. The van der Waals surface area contributed by atoms with Crippen molar-refractivity contribution >= 4 is 40.5 Å². The van der Waals surface area contributed by atoms with E-state index < -0.39 is 17.0 Å². The predicted octanol–water partition coefficient (Wildman–Crippen LogP) is 1.86. The van der Waals surface area contributed by atoms with Gasteiger partial charge in [0.1, 0.15) is 5.56 Å². The molecule has 1 aliphatic rings. The van der Waals surface area contributed by atoms with Gasteiger partial charge in [-0.2, -0.15) is 5.10 Å². The van der Waals surface area contributed by atoms with Crippen molar-refractivity contribution in [3.63, 3.8) is 0 Å². The van der Waals surface area contributed by atoms with E-state index in [9.17, 15) is 9.00 Å². The fraction of sp³-hybridized carbons (Fsp3) is 0.533. The highest BCUT2D eigenvalue weighted by Crippen LogP contribution is 2.33. The number of thiophene rings is 1. The molecule has 0 radical (unpaired) electrons. The number of aliphatic imine (C=N–C) groups is 1. The second-order valence-electron chi connectivity index (χ2n) is 5.15. The Morgan fingerprint density at radius 3 is 2.84 bits per heavy atom. The highest BCUT2D eigenvalue weighted by atomic mass is 32.2. The van der Waals surface area contributed by atoms with Crippen LogP contribution < -0.4 is 9.46 Å². The first kappa shape index (κ1) is 19.4. The first-order chi connectivity index (χ1) is 12.0. The minimum atomic E-state index is -1.64. The maximum absolute atomic E-state index is 12.8. The molecule has 2 rings (SSSR count). The molecule has 0 spiro atoms. The van der Waals surface area contributed by atoms with Crippen molar-refractivity contribution in [2.75, 3.05) is 27.3 Å². The van der Waals surface area contributed by atoms with Gasteiger partial charge in [0, 0.05) is 24.1 Å². The fourth-order valence-electron chi connectivity index (χ4n) is 2.21. The molecule has 138 valence electrons. The Kier molecular flexibility index (Phi) is 6.94. The van der Waals surface area contributed by atoms with Crippen LogP contribution in [0.1, 0.15) is 30.6 Å². The van der Waals surface area contributed by atoms with E-state index in [0.717, 1.165) is 17.8 Å². The Balaban J connectivity index is 2.20. The summed E-state index contributed by atoms with van der Waals surface area (Å²) in [4.78, 5) is 16.1. The van der Waals surface area contributed by atoms with E-state index in [1.165, 1.54) is 14.2 Å². The van der Waals surface area contributed by atoms with Crippen LogP contribution in [0, 0.1) is 5.92 Å². The topological polar surface area (TPSA) is 92.6 Å². The first-order valence-electron chi connectivity index (χ1n) is 7.83. The molecule has 2 unspecified atom stereocenters. The van der Waals surface area contributed by atoms with Gasteiger partial charge in [-0.1, -0.05) is 6.92 Å². The van der Waals surface area contributed by atoms with Crippen LogP contribution in [0.4, 0.5) is 0 Å². The number of guanidine groups is 1. The number of hydrogen-bond donors (Lipinski definition) is 1. The van der Waals surface area contributed by atoms with Crippen LogP contribution >= 0.6 is 11.3 Å². The lowest BCUT2D eigenvalue weighted by Gasteiger charge is -2.18. The normalized spacial score (nSPS) is 18.3. The van der Waals surface area contributed by atoms with Crippen molar-refractivity contribution in [1.29, 1.82) is 0 Å². The zero-order valence-electron chi connectivity index (χ0n) is 14.6. The third-order valence-electron chi connectivity index (χ3n) is 3.58. The lowest BCUT2D eigenvalue weighted by Crippen LogP contribution is -2.39. The lowest BCUT2D eigenvalue weighted by molar-refractivity contribution is 0.0597. The molecule has 1 aromatic rings. The standard InChI is InChI=1S/C15H22N4O4S2/c1-5-10-7-17-19(8-10)15(16-6-2)18-25(21)14-12(22-3)11(9-24-14)13(20)23-4/h7,9-10H,5-6,8H2,1-4H3,(H,16,18). The molecule has 0 saturated heterocycles. The number of ether oxygens (including phenoxy) is 2. The summed E-state index contributed by atoms with van der Waals surface area (Å²) in [6, 6.07) is 0. The van der Waals surface area contributed by atoms with Gasteiger partial charge in [-0.05, 0) is 13.3 Å². The van der Waals surface area contributed by atoms with Crippen molar-refractivity contribution in [2.24, 2.45) is 16.0 Å². The van der Waals surface area contributed by atoms with Crippen molar-refractivity contribution in [3.05, 3.63) is 10.9 Å². The summed E-state index contributed by atoms with van der Waals surface area (Å²) in [6.45, 7) is 5.20. The van der Waals surface area contributed by atoms with E-state index in [1.54, 1.807) is 10.4 Å². The van der Waals surface area contributed by atoms with Gasteiger partial charge in [-0.15, -0.1) is 11.3 Å². The minimum Gasteiger partial charge on any atom is -0.494 e. The lowest BCUT2D eigenvalue weighted by atomic mass is 10.1. The summed E-state index contributed by atoms with van der Waals surface area (Å²) in [7, 11) is 1.07. The first-order valence-corrected chi connectivity index (χ1v) is 9.86. The molecule has 0 amide bonds. The smallest absolute Gasteiger partial charge is 0.342 e. The van der Waals surface area contributed by atoms with Crippen LogP contribution in [0.3, 0.4) is 0 Å². The molecule has 1 aliphatic heterocycles. The van der Waals surface area contributed by atoms with E-state index >= 15 is 0 Å². The van der Waals surface area contributed by atoms with Crippen molar-refractivity contribution < 1.29 is 18.5 Å². The largest absolute Gasteiger partial charge is 0.494 e. The molecular weight excluding hydrogens is 364 g/mol. The van der Waals surface area contributed by atoms with Gasteiger partial charge in [-0.25, -0.2) is 14.0 Å². The summed E-state index contributed by atoms with van der Waals surface area (Å²) in [5, 5.41) is 7.59. The number of hydrazone groups is 1. The average Bonchev–Trinajstić information content (AvgIpc) is 3.27. The van der Waals surface area contributed by atoms with E-state index in [0.29, 0.717) is 29.2 Å². The number of nitrogens with zero attached hydrogens (tertiary/aromatic N) is 3. The van der Waals surface area contributed by atoms with Crippen molar-refractivity contribution in [2.45, 2.75) is 24.5 Å². The number of carbonyl (C=O) groups excluding carboxylic acids is 1. The van der Waals surface area contributed by atoms with Gasteiger partial charge in [-0.3, -0.25) is 9.71 Å². The van der Waals surface area contributed by atoms with Gasteiger partial charge >= 0.3 is 5.97 Å². The van der Waals surface area contributed by atoms with E-state index in [-0.39, 0.29) is 11.3 Å². The summed E-state index contributed by atoms with van der Waals surface area (Å²) >= 11 is 1.16. The Hall–Kier alpha value is -1.94. The van der Waals surface area contributed by atoms with Crippen LogP contribution in [-0.2, 0) is 15.7 Å². The average molecular weight is 386 g/mol. The SMILES string of the molecule is CCN=C(NS(=O)c1scc(C(=O)OC)c1OC)N1CC(CC)C=N1. The highest BCUT2D eigenvalue weighted by molar-refractivity contribution is 7.86. The summed E-state index contributed by atoms with van der Waals surface area (Å²) < 4.78 is 26.0. The maximum atomic E-state index is 12.8. The highest BCUT2D eigenvalue weighted by Gasteiger charge is 2.26. The number of methoxy groups -OCH3 is 2. The van der Waals surface area contributed by atoms with Crippen molar-refractivity contribution in [1.82, 2.24) is 9.73 Å². The third kappa shape index (κ3) is 4.37. The molecule has 0 saturated carbocycles. The van der Waals surface area contributed by atoms with E-state index in [4.69, 9.17) is 9.47 Å². The minimum absolute atomic E-state index is 0.245. The van der Waals surface area contributed by atoms with Crippen LogP contribution in [-0.4, -0.2) is 54.7 Å². The van der Waals surface area contributed by atoms with E-state index in [2.05, 4.69) is 21.7 Å². The van der Waals surface area contributed by atoms with Crippen LogP contribution in [0.25, 0.3) is 0 Å². The second-order valence-corrected chi connectivity index (χ2v) is 7.43. The summed E-state index contributed by atoms with van der Waals surface area (Å²) in [6.07, 6.45) is 2.85. The fourth-order valence-corrected chi connectivity index (χ4v) is 4.35. The number of esters is 1. The molecule has 0 aliphatic carbocycles. The van der Waals surface area contributed by atoms with Crippen LogP contribution in [0.2, 0.25) is 0 Å². The Bertz CT molecular complexity index is 702. The van der Waals surface area contributed by atoms with Crippen LogP contribution in [0.5, 0.6) is 5.75 Å². The van der Waals surface area contributed by atoms with Gasteiger partial charge in [0.05, 0.1) is 20.8 Å². The van der Waals surface area contributed by atoms with Gasteiger partial charge in [0.2, 0.25) is 5.96 Å². The molecule has 1 aromatic heterocycles. The summed E-state index contributed by atoms with van der Waals surface area (Å²) in [5.74, 6) is 0.492. The van der Waals surface area contributed by atoms with E-state index in [1.807, 2.05) is 13.1 Å². The van der Waals surface area contributed by atoms with Gasteiger partial charge in [0.25, 0.3) is 0 Å². The molecule has 25 heavy (non-hydrogen) atoms. The molecular formula is C15H22N4O4S2. The molecule has 1 N–H and O–H groups in total. The maximum Gasteiger partial charge on any atom is 0.342 e. The van der Waals surface area contributed by atoms with Gasteiger partial charge in [0.15, 0.2) is 20.9 Å². The molecule has 2 heterocycles. The molecule has 8 nitrogen and oxygen atoms in total. The Morgan fingerprint density at radius 2 is 2.28 bits per heavy atom. The molecule has 0 fully saturated rings. The number of rotatable bonds is 6. The molecule has 2 atom stereocenters. The molecule has 10 heteroatoms. The monoisotopic (exact) mass is 386 g/mol. The van der Waals surface area contributed by atoms with Crippen LogP contribution in [0.15, 0.2) is 19.7 Å². The quantitative estimate of drug-likeness (QED) is 0.458. The molecule has 0 bridgehead atoms. The number of hydrogen-bond acceptors (Lipinski definition) is 7. The molecule has 0 aromatic carbocycles. The Labute approximate surface area is 153 Å².